The molecular formula is C14H21BrFNO. The van der Waals surface area contributed by atoms with Gasteiger partial charge in [-0.15, -0.1) is 0 Å². The van der Waals surface area contributed by atoms with Gasteiger partial charge in [-0.05, 0) is 37.1 Å². The smallest absolute Gasteiger partial charge is 0.124 e. The van der Waals surface area contributed by atoms with Crippen LogP contribution in [0.5, 0.6) is 0 Å². The van der Waals surface area contributed by atoms with E-state index in [1.54, 1.807) is 13.2 Å². The third-order valence-corrected chi connectivity index (χ3v) is 3.56. The highest BCUT2D eigenvalue weighted by atomic mass is 79.9. The van der Waals surface area contributed by atoms with Gasteiger partial charge in [-0.1, -0.05) is 22.9 Å². The van der Waals surface area contributed by atoms with Crippen LogP contribution in [0.4, 0.5) is 4.39 Å². The Morgan fingerprint density at radius 1 is 1.39 bits per heavy atom. The van der Waals surface area contributed by atoms with Crippen LogP contribution in [0.2, 0.25) is 0 Å². The lowest BCUT2D eigenvalue weighted by molar-refractivity contribution is 0.118. The van der Waals surface area contributed by atoms with Gasteiger partial charge in [0.2, 0.25) is 0 Å². The van der Waals surface area contributed by atoms with Crippen LogP contribution in [0, 0.1) is 5.82 Å². The second-order valence-corrected chi connectivity index (χ2v) is 5.41. The van der Waals surface area contributed by atoms with Crippen LogP contribution in [-0.4, -0.2) is 31.2 Å². The van der Waals surface area contributed by atoms with E-state index in [0.717, 1.165) is 29.5 Å². The van der Waals surface area contributed by atoms with Crippen molar-refractivity contribution in [2.45, 2.75) is 32.9 Å². The molecule has 2 nitrogen and oxygen atoms in total. The zero-order chi connectivity index (χ0) is 13.5. The molecule has 0 aromatic heterocycles. The first-order valence-corrected chi connectivity index (χ1v) is 7.04. The minimum absolute atomic E-state index is 0.199. The summed E-state index contributed by atoms with van der Waals surface area (Å²) < 4.78 is 19.3. The molecule has 1 atom stereocenters. The first-order valence-electron chi connectivity index (χ1n) is 6.24. The molecule has 0 fully saturated rings. The average molecular weight is 318 g/mol. The molecule has 0 bridgehead atoms. The van der Waals surface area contributed by atoms with E-state index >= 15 is 0 Å². The lowest BCUT2D eigenvalue weighted by atomic mass is 10.1. The zero-order valence-electron chi connectivity index (χ0n) is 11.2. The largest absolute Gasteiger partial charge is 0.383 e. The normalized spacial score (nSPS) is 13.0. The van der Waals surface area contributed by atoms with E-state index < -0.39 is 0 Å². The number of halogens is 2. The molecule has 0 amide bonds. The molecule has 1 aromatic carbocycles. The van der Waals surface area contributed by atoms with Crippen molar-refractivity contribution >= 4 is 15.9 Å². The maximum absolute atomic E-state index is 13.3. The highest BCUT2D eigenvalue weighted by Crippen LogP contribution is 2.17. The molecule has 0 radical (unpaired) electrons. The summed E-state index contributed by atoms with van der Waals surface area (Å²) in [4.78, 5) is 2.31. The molecule has 1 unspecified atom stereocenters. The fourth-order valence-electron chi connectivity index (χ4n) is 1.86. The van der Waals surface area contributed by atoms with E-state index in [-0.39, 0.29) is 5.82 Å². The highest BCUT2D eigenvalue weighted by Gasteiger charge is 2.13. The standard InChI is InChI=1S/C14H21BrFNO/c1-4-11(2)17(5-6-18-3)10-12-7-13(15)9-14(16)8-12/h7-9,11H,4-6,10H2,1-3H3. The van der Waals surface area contributed by atoms with Crippen molar-refractivity contribution < 1.29 is 9.13 Å². The molecule has 0 spiro atoms. The summed E-state index contributed by atoms with van der Waals surface area (Å²) in [5, 5.41) is 0. The maximum atomic E-state index is 13.3. The second-order valence-electron chi connectivity index (χ2n) is 4.50. The predicted octanol–water partition coefficient (Wildman–Crippen LogP) is 3.84. The Kier molecular flexibility index (Phi) is 6.82. The first-order chi connectivity index (χ1) is 8.56. The third-order valence-electron chi connectivity index (χ3n) is 3.10. The Hall–Kier alpha value is -0.450. The van der Waals surface area contributed by atoms with Gasteiger partial charge < -0.3 is 4.74 Å². The quantitative estimate of drug-likeness (QED) is 0.757. The summed E-state index contributed by atoms with van der Waals surface area (Å²) in [7, 11) is 1.70. The van der Waals surface area contributed by atoms with Crippen LogP contribution >= 0.6 is 15.9 Å². The van der Waals surface area contributed by atoms with Crippen molar-refractivity contribution in [1.82, 2.24) is 4.90 Å². The van der Waals surface area contributed by atoms with Crippen molar-refractivity contribution in [3.8, 4) is 0 Å². The number of nitrogens with zero attached hydrogens (tertiary/aromatic N) is 1. The average Bonchev–Trinajstić information content (AvgIpc) is 2.32. The molecule has 0 aliphatic heterocycles. The van der Waals surface area contributed by atoms with Crippen LogP contribution in [0.3, 0.4) is 0 Å². The van der Waals surface area contributed by atoms with Gasteiger partial charge in [0.25, 0.3) is 0 Å². The van der Waals surface area contributed by atoms with Crippen molar-refractivity contribution in [2.75, 3.05) is 20.3 Å². The van der Waals surface area contributed by atoms with Gasteiger partial charge in [0.05, 0.1) is 6.61 Å². The molecule has 4 heteroatoms. The third kappa shape index (κ3) is 5.04. The zero-order valence-corrected chi connectivity index (χ0v) is 12.8. The Balaban J connectivity index is 2.74. The van der Waals surface area contributed by atoms with E-state index in [9.17, 15) is 4.39 Å². The number of benzene rings is 1. The molecule has 0 aliphatic rings. The number of hydrogen-bond acceptors (Lipinski definition) is 2. The van der Waals surface area contributed by atoms with E-state index in [1.165, 1.54) is 6.07 Å². The minimum atomic E-state index is -0.199. The van der Waals surface area contributed by atoms with Crippen LogP contribution in [0.1, 0.15) is 25.8 Å². The summed E-state index contributed by atoms with van der Waals surface area (Å²) in [5.74, 6) is -0.199. The van der Waals surface area contributed by atoms with Crippen LogP contribution < -0.4 is 0 Å². The van der Waals surface area contributed by atoms with Gasteiger partial charge in [0, 0.05) is 30.7 Å². The van der Waals surface area contributed by atoms with Crippen LogP contribution in [0.25, 0.3) is 0 Å². The predicted molar refractivity (Wildman–Crippen MR) is 76.1 cm³/mol. The second kappa shape index (κ2) is 7.87. The van der Waals surface area contributed by atoms with Crippen molar-refractivity contribution in [2.24, 2.45) is 0 Å². The monoisotopic (exact) mass is 317 g/mol. The first kappa shape index (κ1) is 15.6. The Morgan fingerprint density at radius 3 is 2.67 bits per heavy atom. The fraction of sp³-hybridized carbons (Fsp3) is 0.571. The van der Waals surface area contributed by atoms with Gasteiger partial charge in [-0.25, -0.2) is 4.39 Å². The lowest BCUT2D eigenvalue weighted by Gasteiger charge is -2.28. The van der Waals surface area contributed by atoms with Gasteiger partial charge >= 0.3 is 0 Å². The molecular weight excluding hydrogens is 297 g/mol. The Bertz CT molecular complexity index is 353. The van der Waals surface area contributed by atoms with Gasteiger partial charge in [-0.2, -0.15) is 0 Å². The minimum Gasteiger partial charge on any atom is -0.383 e. The number of ether oxygens (including phenoxy) is 1. The van der Waals surface area contributed by atoms with Crippen LogP contribution in [0.15, 0.2) is 22.7 Å². The van der Waals surface area contributed by atoms with Gasteiger partial charge in [0.15, 0.2) is 0 Å². The molecule has 1 rings (SSSR count). The highest BCUT2D eigenvalue weighted by molar-refractivity contribution is 9.10. The SMILES string of the molecule is CCC(C)N(CCOC)Cc1cc(F)cc(Br)c1. The number of rotatable bonds is 7. The van der Waals surface area contributed by atoms with Gasteiger partial charge in [0.1, 0.15) is 5.82 Å². The molecule has 0 aliphatic carbocycles. The van der Waals surface area contributed by atoms with E-state index in [0.29, 0.717) is 12.6 Å². The summed E-state index contributed by atoms with van der Waals surface area (Å²) in [6.07, 6.45) is 1.07. The molecule has 1 aromatic rings. The number of hydrogen-bond donors (Lipinski definition) is 0. The molecule has 0 saturated heterocycles. The Morgan fingerprint density at radius 2 is 2.11 bits per heavy atom. The summed E-state index contributed by atoms with van der Waals surface area (Å²) in [6, 6.07) is 5.49. The molecule has 0 N–H and O–H groups in total. The summed E-state index contributed by atoms with van der Waals surface area (Å²) >= 11 is 3.33. The van der Waals surface area contributed by atoms with Crippen molar-refractivity contribution in [1.29, 1.82) is 0 Å². The van der Waals surface area contributed by atoms with E-state index in [1.807, 2.05) is 6.07 Å². The molecule has 102 valence electrons. The topological polar surface area (TPSA) is 12.5 Å². The van der Waals surface area contributed by atoms with Crippen LogP contribution in [-0.2, 0) is 11.3 Å². The van der Waals surface area contributed by atoms with E-state index in [4.69, 9.17) is 4.74 Å². The van der Waals surface area contributed by atoms with E-state index in [2.05, 4.69) is 34.7 Å². The Labute approximate surface area is 117 Å². The maximum Gasteiger partial charge on any atom is 0.124 e. The summed E-state index contributed by atoms with van der Waals surface area (Å²) in [6.45, 7) is 6.64. The van der Waals surface area contributed by atoms with Crippen molar-refractivity contribution in [3.05, 3.63) is 34.1 Å². The molecule has 0 saturated carbocycles. The fourth-order valence-corrected chi connectivity index (χ4v) is 2.37. The number of methoxy groups -OCH3 is 1. The lowest BCUT2D eigenvalue weighted by Crippen LogP contribution is -2.34. The van der Waals surface area contributed by atoms with Gasteiger partial charge in [-0.3, -0.25) is 4.90 Å². The van der Waals surface area contributed by atoms with Crippen molar-refractivity contribution in [3.63, 3.8) is 0 Å². The molecule has 0 heterocycles. The molecule has 18 heavy (non-hydrogen) atoms. The summed E-state index contributed by atoms with van der Waals surface area (Å²) in [5.41, 5.74) is 0.985.